The molecule has 0 amide bonds. The molecule has 0 heterocycles. The van der Waals surface area contributed by atoms with Gasteiger partial charge in [0, 0.05) is 5.39 Å². The van der Waals surface area contributed by atoms with E-state index >= 15 is 0 Å². The Morgan fingerprint density at radius 3 is 2.09 bits per heavy atom. The molecule has 0 aliphatic rings. The normalized spacial score (nSPS) is 11.4. The van der Waals surface area contributed by atoms with Crippen LogP contribution < -0.4 is 51.4 Å². The van der Waals surface area contributed by atoms with Crippen LogP contribution in [0.15, 0.2) is 35.2 Å². The Bertz CT molecular complexity index is 754. The molecule has 0 bridgehead atoms. The first-order chi connectivity index (χ1) is 10.5. The van der Waals surface area contributed by atoms with E-state index in [2.05, 4.69) is 13.8 Å². The van der Waals surface area contributed by atoms with Crippen LogP contribution in [0.1, 0.15) is 50.7 Å². The van der Waals surface area contributed by atoms with Gasteiger partial charge in [0.2, 0.25) is 0 Å². The first-order valence-corrected chi connectivity index (χ1v) is 9.39. The molecule has 2 aromatic carbocycles. The minimum Gasteiger partial charge on any atom is -0.744 e. The number of rotatable bonds is 7. The largest absolute Gasteiger partial charge is 1.00 e. The molecule has 23 heavy (non-hydrogen) atoms. The van der Waals surface area contributed by atoms with Gasteiger partial charge in [0.15, 0.2) is 0 Å². The monoisotopic (exact) mass is 358 g/mol. The Morgan fingerprint density at radius 1 is 0.913 bits per heavy atom. The van der Waals surface area contributed by atoms with Crippen LogP contribution in [-0.4, -0.2) is 13.0 Å². The summed E-state index contributed by atoms with van der Waals surface area (Å²) in [7, 11) is -4.49. The Hall–Kier alpha value is 0.246. The topological polar surface area (TPSA) is 57.2 Å². The van der Waals surface area contributed by atoms with Crippen molar-refractivity contribution >= 4 is 20.9 Å². The van der Waals surface area contributed by atoms with Crippen molar-refractivity contribution in [1.29, 1.82) is 0 Å². The molecule has 0 saturated heterocycles. The van der Waals surface area contributed by atoms with Gasteiger partial charge in [0.25, 0.3) is 0 Å². The first-order valence-electron chi connectivity index (χ1n) is 7.98. The zero-order chi connectivity index (χ0) is 16.2. The van der Waals surface area contributed by atoms with Gasteiger partial charge in [-0.1, -0.05) is 57.0 Å². The maximum absolute atomic E-state index is 11.9. The quantitative estimate of drug-likeness (QED) is 0.556. The summed E-state index contributed by atoms with van der Waals surface area (Å²) in [5.41, 5.74) is 1.63. The van der Waals surface area contributed by atoms with Crippen LogP contribution in [0.2, 0.25) is 0 Å². The smallest absolute Gasteiger partial charge is 0.744 e. The van der Waals surface area contributed by atoms with Crippen LogP contribution in [0.25, 0.3) is 10.8 Å². The summed E-state index contributed by atoms with van der Waals surface area (Å²) in [4.78, 5) is 0.00477. The number of aryl methyl sites for hydroxylation is 2. The third kappa shape index (κ3) is 5.36. The van der Waals surface area contributed by atoms with Gasteiger partial charge in [0.05, 0.1) is 4.90 Å². The van der Waals surface area contributed by atoms with Gasteiger partial charge in [-0.3, -0.25) is 0 Å². The SMILES string of the molecule is CCCCc1ccc2cccc(CCCC)c2c1S(=O)(=O)[O-].[K+]. The molecule has 2 rings (SSSR count). The van der Waals surface area contributed by atoms with Crippen molar-refractivity contribution in [2.75, 3.05) is 0 Å². The maximum Gasteiger partial charge on any atom is 1.00 e. The van der Waals surface area contributed by atoms with Crippen molar-refractivity contribution in [2.24, 2.45) is 0 Å². The number of hydrogen-bond acceptors (Lipinski definition) is 3. The van der Waals surface area contributed by atoms with Crippen LogP contribution >= 0.6 is 0 Å². The Balaban J connectivity index is 0.00000264. The Kier molecular flexibility index (Phi) is 8.94. The van der Waals surface area contributed by atoms with Crippen LogP contribution in [-0.2, 0) is 23.0 Å². The van der Waals surface area contributed by atoms with Gasteiger partial charge >= 0.3 is 51.4 Å². The van der Waals surface area contributed by atoms with Crippen molar-refractivity contribution in [3.05, 3.63) is 41.5 Å². The third-order valence-electron chi connectivity index (χ3n) is 4.02. The third-order valence-corrected chi connectivity index (χ3v) is 4.98. The fraction of sp³-hybridized carbons (Fsp3) is 0.444. The van der Waals surface area contributed by atoms with Crippen molar-refractivity contribution in [3.63, 3.8) is 0 Å². The maximum atomic E-state index is 11.9. The van der Waals surface area contributed by atoms with Crippen LogP contribution in [0, 0.1) is 0 Å². The predicted octanol–water partition coefficient (Wildman–Crippen LogP) is 1.43. The van der Waals surface area contributed by atoms with E-state index in [0.717, 1.165) is 43.1 Å². The van der Waals surface area contributed by atoms with Crippen molar-refractivity contribution in [1.82, 2.24) is 0 Å². The Labute approximate surface area is 182 Å². The predicted molar refractivity (Wildman–Crippen MR) is 89.1 cm³/mol. The van der Waals surface area contributed by atoms with E-state index in [1.165, 1.54) is 0 Å². The second kappa shape index (κ2) is 9.66. The molecule has 0 fully saturated rings. The minimum atomic E-state index is -4.49. The van der Waals surface area contributed by atoms with E-state index in [1.807, 2.05) is 24.3 Å². The number of fused-ring (bicyclic) bond motifs is 1. The molecule has 0 aromatic heterocycles. The summed E-state index contributed by atoms with van der Waals surface area (Å²) < 4.78 is 35.7. The zero-order valence-electron chi connectivity index (χ0n) is 14.3. The summed E-state index contributed by atoms with van der Waals surface area (Å²) in [6, 6.07) is 9.48. The fourth-order valence-corrected chi connectivity index (χ4v) is 3.88. The fourth-order valence-electron chi connectivity index (χ4n) is 2.89. The molecule has 2 aromatic rings. The van der Waals surface area contributed by atoms with Gasteiger partial charge in [-0.25, -0.2) is 8.42 Å². The standard InChI is InChI=1S/C18H24O3S.K/c1-3-5-8-14-10-7-11-15-12-13-16(9-6-4-2)18(17(14)15)22(19,20)21;/h7,10-13H,3-6,8-9H2,1-2H3,(H,19,20,21);/q;+1/p-1. The number of unbranched alkanes of at least 4 members (excludes halogenated alkanes) is 2. The molecular formula is C18H23KO3S. The van der Waals surface area contributed by atoms with Gasteiger partial charge in [-0.15, -0.1) is 0 Å². The molecule has 0 aliphatic carbocycles. The van der Waals surface area contributed by atoms with Gasteiger partial charge in [-0.2, -0.15) is 0 Å². The molecule has 0 N–H and O–H groups in total. The summed E-state index contributed by atoms with van der Waals surface area (Å²) in [6.45, 7) is 4.15. The summed E-state index contributed by atoms with van der Waals surface area (Å²) in [5.74, 6) is 0. The minimum absolute atomic E-state index is 0. The van der Waals surface area contributed by atoms with E-state index in [0.29, 0.717) is 17.4 Å². The van der Waals surface area contributed by atoms with Crippen LogP contribution in [0.4, 0.5) is 0 Å². The molecular weight excluding hydrogens is 335 g/mol. The van der Waals surface area contributed by atoms with Gasteiger partial charge in [-0.05, 0) is 42.2 Å². The zero-order valence-corrected chi connectivity index (χ0v) is 18.2. The van der Waals surface area contributed by atoms with E-state index < -0.39 is 10.1 Å². The summed E-state index contributed by atoms with van der Waals surface area (Å²) >= 11 is 0. The van der Waals surface area contributed by atoms with Crippen molar-refractivity contribution in [2.45, 2.75) is 57.3 Å². The molecule has 0 radical (unpaired) electrons. The molecule has 3 nitrogen and oxygen atoms in total. The first kappa shape index (κ1) is 21.3. The average Bonchev–Trinajstić information content (AvgIpc) is 2.49. The second-order valence-electron chi connectivity index (χ2n) is 5.73. The van der Waals surface area contributed by atoms with E-state index in [9.17, 15) is 13.0 Å². The van der Waals surface area contributed by atoms with Crippen molar-refractivity contribution < 1.29 is 64.4 Å². The molecule has 0 atom stereocenters. The number of benzene rings is 2. The molecule has 5 heteroatoms. The van der Waals surface area contributed by atoms with Crippen molar-refractivity contribution in [3.8, 4) is 0 Å². The molecule has 0 aliphatic heterocycles. The van der Waals surface area contributed by atoms with E-state index in [4.69, 9.17) is 0 Å². The van der Waals surface area contributed by atoms with Gasteiger partial charge < -0.3 is 4.55 Å². The Morgan fingerprint density at radius 2 is 1.52 bits per heavy atom. The summed E-state index contributed by atoms with van der Waals surface area (Å²) in [6.07, 6.45) is 5.29. The van der Waals surface area contributed by atoms with E-state index in [1.54, 1.807) is 6.07 Å². The van der Waals surface area contributed by atoms with E-state index in [-0.39, 0.29) is 56.3 Å². The number of hydrogen-bond donors (Lipinski definition) is 0. The second-order valence-corrected chi connectivity index (χ2v) is 7.05. The molecule has 0 spiro atoms. The van der Waals surface area contributed by atoms with Crippen LogP contribution in [0.3, 0.4) is 0 Å². The summed E-state index contributed by atoms with van der Waals surface area (Å²) in [5, 5.41) is 1.47. The van der Waals surface area contributed by atoms with Crippen LogP contribution in [0.5, 0.6) is 0 Å². The molecule has 0 saturated carbocycles. The molecule has 0 unspecified atom stereocenters. The average molecular weight is 359 g/mol. The molecule has 120 valence electrons. The van der Waals surface area contributed by atoms with Gasteiger partial charge in [0.1, 0.15) is 10.1 Å².